The van der Waals surface area contributed by atoms with Crippen LogP contribution in [-0.4, -0.2) is 34.2 Å². The molecule has 8 heteroatoms. The normalized spacial score (nSPS) is 12.0. The summed E-state index contributed by atoms with van der Waals surface area (Å²) in [5.41, 5.74) is -0.187. The number of hydrogen-bond acceptors (Lipinski definition) is 7. The molecule has 8 nitrogen and oxygen atoms in total. The number of amides is 1. The number of aromatic nitrogens is 2. The third-order valence-corrected chi connectivity index (χ3v) is 2.76. The van der Waals surface area contributed by atoms with Crippen molar-refractivity contribution in [2.24, 2.45) is 0 Å². The lowest BCUT2D eigenvalue weighted by atomic mass is 10.0. The fourth-order valence-electron chi connectivity index (χ4n) is 1.76. The predicted octanol–water partition coefficient (Wildman–Crippen LogP) is 2.77. The highest BCUT2D eigenvalue weighted by Gasteiger charge is 2.18. The molecular formula is C16H22N4O4. The number of nitriles is 1. The van der Waals surface area contributed by atoms with Crippen LogP contribution in [0, 0.1) is 11.3 Å². The van der Waals surface area contributed by atoms with Gasteiger partial charge in [0.2, 0.25) is 0 Å². The maximum Gasteiger partial charge on any atom is 0.413 e. The summed E-state index contributed by atoms with van der Waals surface area (Å²) in [6.07, 6.45) is 2.53. The Kier molecular flexibility index (Phi) is 7.11. The molecule has 0 aliphatic rings. The van der Waals surface area contributed by atoms with Crippen molar-refractivity contribution in [3.8, 4) is 6.07 Å². The van der Waals surface area contributed by atoms with Gasteiger partial charge in [-0.25, -0.2) is 9.78 Å². The highest BCUT2D eigenvalue weighted by Crippen LogP contribution is 2.19. The Labute approximate surface area is 141 Å². The molecule has 1 unspecified atom stereocenters. The number of carbonyl (C=O) groups excluding carboxylic acids is 2. The summed E-state index contributed by atoms with van der Waals surface area (Å²) >= 11 is 0. The zero-order valence-corrected chi connectivity index (χ0v) is 14.3. The minimum absolute atomic E-state index is 0.131. The number of nitrogens with one attached hydrogen (secondary N) is 1. The molecule has 0 radical (unpaired) electrons. The molecule has 0 saturated heterocycles. The summed E-state index contributed by atoms with van der Waals surface area (Å²) in [5, 5.41) is 11.7. The Bertz CT molecular complexity index is 602. The quantitative estimate of drug-likeness (QED) is 0.795. The molecule has 0 fully saturated rings. The average molecular weight is 334 g/mol. The highest BCUT2D eigenvalue weighted by atomic mass is 16.6. The van der Waals surface area contributed by atoms with Gasteiger partial charge in [0.15, 0.2) is 5.82 Å². The van der Waals surface area contributed by atoms with E-state index in [2.05, 4.69) is 21.4 Å². The van der Waals surface area contributed by atoms with Crippen molar-refractivity contribution in [3.05, 3.63) is 18.1 Å². The molecule has 0 aliphatic heterocycles. The Morgan fingerprint density at radius 1 is 1.33 bits per heavy atom. The van der Waals surface area contributed by atoms with E-state index in [-0.39, 0.29) is 18.2 Å². The number of hydrogen-bond donors (Lipinski definition) is 1. The first-order valence-corrected chi connectivity index (χ1v) is 7.62. The van der Waals surface area contributed by atoms with Gasteiger partial charge in [-0.15, -0.1) is 0 Å². The van der Waals surface area contributed by atoms with Crippen LogP contribution < -0.4 is 5.32 Å². The second-order valence-electron chi connectivity index (χ2n) is 5.98. The number of esters is 1. The summed E-state index contributed by atoms with van der Waals surface area (Å²) in [5.74, 6) is -0.707. The van der Waals surface area contributed by atoms with Crippen LogP contribution >= 0.6 is 0 Å². The van der Waals surface area contributed by atoms with Crippen molar-refractivity contribution >= 4 is 17.9 Å². The monoisotopic (exact) mass is 334 g/mol. The van der Waals surface area contributed by atoms with Gasteiger partial charge in [0.05, 0.1) is 36.7 Å². The van der Waals surface area contributed by atoms with Crippen LogP contribution in [0.3, 0.4) is 0 Å². The van der Waals surface area contributed by atoms with Crippen molar-refractivity contribution in [2.75, 3.05) is 11.9 Å². The topological polar surface area (TPSA) is 114 Å². The second kappa shape index (κ2) is 8.82. The van der Waals surface area contributed by atoms with Crippen molar-refractivity contribution in [2.45, 2.75) is 52.1 Å². The second-order valence-corrected chi connectivity index (χ2v) is 5.98. The summed E-state index contributed by atoms with van der Waals surface area (Å²) in [6.45, 7) is 7.29. The molecule has 1 rings (SSSR count). The first-order chi connectivity index (χ1) is 11.2. The van der Waals surface area contributed by atoms with Gasteiger partial charge in [-0.2, -0.15) is 5.26 Å². The Hall–Kier alpha value is -2.69. The number of carbonyl (C=O) groups is 2. The van der Waals surface area contributed by atoms with E-state index in [1.807, 2.05) is 0 Å². The lowest BCUT2D eigenvalue weighted by molar-refractivity contribution is -0.143. The van der Waals surface area contributed by atoms with Crippen LogP contribution in [0.15, 0.2) is 12.4 Å². The summed E-state index contributed by atoms with van der Waals surface area (Å²) < 4.78 is 9.94. The van der Waals surface area contributed by atoms with Gasteiger partial charge in [-0.05, 0) is 34.1 Å². The summed E-state index contributed by atoms with van der Waals surface area (Å²) in [4.78, 5) is 31.1. The van der Waals surface area contributed by atoms with E-state index >= 15 is 0 Å². The van der Waals surface area contributed by atoms with Crippen LogP contribution in [0.5, 0.6) is 0 Å². The molecule has 24 heavy (non-hydrogen) atoms. The Balaban J connectivity index is 2.63. The largest absolute Gasteiger partial charge is 0.466 e. The molecule has 0 bridgehead atoms. The van der Waals surface area contributed by atoms with E-state index in [9.17, 15) is 14.9 Å². The fourth-order valence-corrected chi connectivity index (χ4v) is 1.76. The maximum absolute atomic E-state index is 11.6. The molecule has 0 aromatic carbocycles. The number of ether oxygens (including phenoxy) is 2. The van der Waals surface area contributed by atoms with Gasteiger partial charge < -0.3 is 9.47 Å². The van der Waals surface area contributed by atoms with E-state index in [0.717, 1.165) is 0 Å². The molecule has 0 spiro atoms. The zero-order valence-electron chi connectivity index (χ0n) is 14.3. The van der Waals surface area contributed by atoms with Crippen molar-refractivity contribution in [1.29, 1.82) is 5.26 Å². The maximum atomic E-state index is 11.6. The number of rotatable bonds is 6. The molecule has 1 aromatic rings. The third kappa shape index (κ3) is 7.05. The number of nitrogens with zero attached hydrogens (tertiary/aromatic N) is 3. The van der Waals surface area contributed by atoms with Crippen LogP contribution in [0.25, 0.3) is 0 Å². The number of anilines is 1. The van der Waals surface area contributed by atoms with Crippen molar-refractivity contribution in [1.82, 2.24) is 9.97 Å². The van der Waals surface area contributed by atoms with Crippen LogP contribution in [0.2, 0.25) is 0 Å². The Morgan fingerprint density at radius 3 is 2.54 bits per heavy atom. The summed E-state index contributed by atoms with van der Waals surface area (Å²) in [6, 6.07) is 2.08. The van der Waals surface area contributed by atoms with Crippen LogP contribution in [0.4, 0.5) is 10.6 Å². The summed E-state index contributed by atoms with van der Waals surface area (Å²) in [7, 11) is 0. The molecule has 0 aliphatic carbocycles. The van der Waals surface area contributed by atoms with Gasteiger partial charge in [0.25, 0.3) is 0 Å². The predicted molar refractivity (Wildman–Crippen MR) is 86.1 cm³/mol. The Morgan fingerprint density at radius 2 is 2.04 bits per heavy atom. The minimum Gasteiger partial charge on any atom is -0.466 e. The van der Waals surface area contributed by atoms with Gasteiger partial charge in [0.1, 0.15) is 5.60 Å². The van der Waals surface area contributed by atoms with Gasteiger partial charge in [0, 0.05) is 6.42 Å². The fraction of sp³-hybridized carbons (Fsp3) is 0.562. The van der Waals surface area contributed by atoms with Gasteiger partial charge in [-0.3, -0.25) is 15.1 Å². The molecule has 1 amide bonds. The molecule has 130 valence electrons. The van der Waals surface area contributed by atoms with E-state index in [1.165, 1.54) is 12.4 Å². The minimum atomic E-state index is -0.635. The van der Waals surface area contributed by atoms with Crippen molar-refractivity contribution < 1.29 is 19.1 Å². The first kappa shape index (κ1) is 19.4. The van der Waals surface area contributed by atoms with E-state index in [4.69, 9.17) is 9.47 Å². The van der Waals surface area contributed by atoms with Gasteiger partial charge in [-0.1, -0.05) is 0 Å². The smallest absolute Gasteiger partial charge is 0.413 e. The zero-order chi connectivity index (χ0) is 18.2. The van der Waals surface area contributed by atoms with E-state index in [0.29, 0.717) is 18.7 Å². The SMILES string of the molecule is CCOC(=O)CCC(C#N)c1cnc(NC(=O)OC(C)(C)C)cn1. The molecule has 1 aromatic heterocycles. The molecule has 1 heterocycles. The van der Waals surface area contributed by atoms with Gasteiger partial charge >= 0.3 is 12.1 Å². The molecule has 0 saturated carbocycles. The standard InChI is InChI=1S/C16H22N4O4/c1-5-23-14(21)7-6-11(8-17)12-9-19-13(10-18-12)20-15(22)24-16(2,3)4/h9-11H,5-7H2,1-4H3,(H,19,20,22). The van der Waals surface area contributed by atoms with Crippen LogP contribution in [0.1, 0.15) is 52.1 Å². The van der Waals surface area contributed by atoms with Crippen LogP contribution in [-0.2, 0) is 14.3 Å². The molecule has 1 N–H and O–H groups in total. The lowest BCUT2D eigenvalue weighted by Gasteiger charge is -2.19. The molecular weight excluding hydrogens is 312 g/mol. The van der Waals surface area contributed by atoms with Crippen molar-refractivity contribution in [3.63, 3.8) is 0 Å². The third-order valence-electron chi connectivity index (χ3n) is 2.76. The molecule has 1 atom stereocenters. The highest BCUT2D eigenvalue weighted by molar-refractivity contribution is 5.83. The average Bonchev–Trinajstić information content (AvgIpc) is 2.47. The van der Waals surface area contributed by atoms with E-state index < -0.39 is 17.6 Å². The lowest BCUT2D eigenvalue weighted by Crippen LogP contribution is -2.27. The van der Waals surface area contributed by atoms with E-state index in [1.54, 1.807) is 27.7 Å². The first-order valence-electron chi connectivity index (χ1n) is 7.62.